The van der Waals surface area contributed by atoms with Gasteiger partial charge in [-0.15, -0.1) is 0 Å². The van der Waals surface area contributed by atoms with Crippen molar-refractivity contribution in [2.45, 2.75) is 31.7 Å². The monoisotopic (exact) mass is 212 g/mol. The predicted octanol–water partition coefficient (Wildman–Crippen LogP) is -0.199. The highest BCUT2D eigenvalue weighted by molar-refractivity contribution is 5.88. The normalized spacial score (nSPS) is 22.2. The molecule has 2 fully saturated rings. The van der Waals surface area contributed by atoms with E-state index in [2.05, 4.69) is 0 Å². The summed E-state index contributed by atoms with van der Waals surface area (Å²) < 4.78 is 0. The van der Waals surface area contributed by atoms with E-state index in [1.54, 1.807) is 0 Å². The molecule has 0 heterocycles. The van der Waals surface area contributed by atoms with Gasteiger partial charge in [0.1, 0.15) is 6.54 Å². The van der Waals surface area contributed by atoms with Crippen LogP contribution in [0.3, 0.4) is 0 Å². The molecular weight excluding hydrogens is 196 g/mol. The first-order valence-electron chi connectivity index (χ1n) is 5.32. The first-order valence-corrected chi connectivity index (χ1v) is 5.32. The number of nitrogens with two attached hydrogens (primary N) is 1. The molecular formula is C10H16N2O3. The second-order valence-electron chi connectivity index (χ2n) is 4.54. The summed E-state index contributed by atoms with van der Waals surface area (Å²) in [5.74, 6) is -0.988. The lowest BCUT2D eigenvalue weighted by atomic mass is 10.1. The minimum atomic E-state index is -0.942. The summed E-state index contributed by atoms with van der Waals surface area (Å²) in [6.07, 6.45) is 3.48. The highest BCUT2D eigenvalue weighted by Gasteiger charge is 2.52. The van der Waals surface area contributed by atoms with E-state index in [1.165, 1.54) is 4.90 Å². The third-order valence-corrected chi connectivity index (χ3v) is 3.25. The average Bonchev–Trinajstić information content (AvgIpc) is 3.02. The van der Waals surface area contributed by atoms with E-state index in [9.17, 15) is 9.59 Å². The number of nitrogens with zero attached hydrogens (tertiary/aromatic N) is 1. The smallest absolute Gasteiger partial charge is 0.323 e. The summed E-state index contributed by atoms with van der Waals surface area (Å²) in [4.78, 5) is 24.2. The second-order valence-corrected chi connectivity index (χ2v) is 4.54. The SMILES string of the molecule is NCC1(C(=O)N(CC(=O)O)C2CC2)CC1. The molecule has 0 saturated heterocycles. The van der Waals surface area contributed by atoms with Crippen molar-refractivity contribution in [2.24, 2.45) is 11.1 Å². The number of carbonyl (C=O) groups excluding carboxylic acids is 1. The summed E-state index contributed by atoms with van der Waals surface area (Å²) in [6.45, 7) is 0.167. The van der Waals surface area contributed by atoms with Crippen molar-refractivity contribution in [3.8, 4) is 0 Å². The Hall–Kier alpha value is -1.10. The molecule has 0 aromatic heterocycles. The molecule has 5 heteroatoms. The number of carboxylic acids is 1. The number of aliphatic carboxylic acids is 1. The molecule has 0 atom stereocenters. The van der Waals surface area contributed by atoms with Crippen LogP contribution in [-0.4, -0.2) is 41.0 Å². The molecule has 0 unspecified atom stereocenters. The van der Waals surface area contributed by atoms with Gasteiger partial charge in [-0.1, -0.05) is 0 Å². The topological polar surface area (TPSA) is 83.6 Å². The number of carbonyl (C=O) groups is 2. The maximum atomic E-state index is 12.1. The molecule has 0 radical (unpaired) electrons. The van der Waals surface area contributed by atoms with E-state index in [0.29, 0.717) is 6.54 Å². The van der Waals surface area contributed by atoms with E-state index >= 15 is 0 Å². The standard InChI is InChI=1S/C10H16N2O3/c11-6-10(3-4-10)9(15)12(5-8(13)14)7-1-2-7/h7H,1-6,11H2,(H,13,14). The maximum Gasteiger partial charge on any atom is 0.323 e. The van der Waals surface area contributed by atoms with Gasteiger partial charge in [0.25, 0.3) is 0 Å². The zero-order valence-electron chi connectivity index (χ0n) is 8.61. The van der Waals surface area contributed by atoms with E-state index in [0.717, 1.165) is 25.7 Å². The van der Waals surface area contributed by atoms with Crippen molar-refractivity contribution >= 4 is 11.9 Å². The molecule has 0 spiro atoms. The van der Waals surface area contributed by atoms with Gasteiger partial charge in [-0.2, -0.15) is 0 Å². The minimum absolute atomic E-state index is 0.0464. The molecule has 2 aliphatic rings. The third-order valence-electron chi connectivity index (χ3n) is 3.25. The lowest BCUT2D eigenvalue weighted by molar-refractivity contribution is -0.147. The van der Waals surface area contributed by atoms with Crippen molar-refractivity contribution in [2.75, 3.05) is 13.1 Å². The van der Waals surface area contributed by atoms with E-state index in [-0.39, 0.29) is 18.5 Å². The van der Waals surface area contributed by atoms with Gasteiger partial charge in [-0.05, 0) is 25.7 Å². The number of amides is 1. The zero-order valence-corrected chi connectivity index (χ0v) is 8.61. The van der Waals surface area contributed by atoms with Gasteiger partial charge in [0.2, 0.25) is 5.91 Å². The number of carboxylic acid groups (broad SMARTS) is 1. The van der Waals surface area contributed by atoms with Crippen LogP contribution in [0.1, 0.15) is 25.7 Å². The van der Waals surface area contributed by atoms with Gasteiger partial charge >= 0.3 is 5.97 Å². The van der Waals surface area contributed by atoms with E-state index in [4.69, 9.17) is 10.8 Å². The molecule has 0 aromatic rings. The highest BCUT2D eigenvalue weighted by atomic mass is 16.4. The Morgan fingerprint density at radius 2 is 2.00 bits per heavy atom. The lowest BCUT2D eigenvalue weighted by Crippen LogP contribution is -2.44. The largest absolute Gasteiger partial charge is 0.480 e. The van der Waals surface area contributed by atoms with Gasteiger partial charge in [-0.3, -0.25) is 9.59 Å². The Labute approximate surface area is 88.2 Å². The van der Waals surface area contributed by atoms with Crippen LogP contribution in [0.25, 0.3) is 0 Å². The lowest BCUT2D eigenvalue weighted by Gasteiger charge is -2.25. The van der Waals surface area contributed by atoms with E-state index in [1.807, 2.05) is 0 Å². The molecule has 0 aromatic carbocycles. The Kier molecular flexibility index (Phi) is 2.42. The van der Waals surface area contributed by atoms with Crippen LogP contribution in [0, 0.1) is 5.41 Å². The Balaban J connectivity index is 2.04. The summed E-state index contributed by atoms with van der Waals surface area (Å²) in [5, 5.41) is 8.74. The molecule has 2 aliphatic carbocycles. The van der Waals surface area contributed by atoms with Gasteiger partial charge in [-0.25, -0.2) is 0 Å². The number of hydrogen-bond donors (Lipinski definition) is 2. The summed E-state index contributed by atoms with van der Waals surface area (Å²) in [7, 11) is 0. The quantitative estimate of drug-likeness (QED) is 0.661. The van der Waals surface area contributed by atoms with Crippen LogP contribution in [-0.2, 0) is 9.59 Å². The summed E-state index contributed by atoms with van der Waals surface area (Å²) in [6, 6.07) is 0.151. The van der Waals surface area contributed by atoms with Gasteiger partial charge in [0.05, 0.1) is 5.41 Å². The van der Waals surface area contributed by atoms with Crippen molar-refractivity contribution < 1.29 is 14.7 Å². The zero-order chi connectivity index (χ0) is 11.1. The highest BCUT2D eigenvalue weighted by Crippen LogP contribution is 2.47. The molecule has 84 valence electrons. The van der Waals surface area contributed by atoms with Crippen LogP contribution in [0.4, 0.5) is 0 Å². The number of hydrogen-bond acceptors (Lipinski definition) is 3. The van der Waals surface area contributed by atoms with Crippen LogP contribution in [0.2, 0.25) is 0 Å². The Morgan fingerprint density at radius 1 is 1.40 bits per heavy atom. The predicted molar refractivity (Wildman–Crippen MR) is 53.1 cm³/mol. The fraction of sp³-hybridized carbons (Fsp3) is 0.800. The second kappa shape index (κ2) is 3.48. The van der Waals surface area contributed by atoms with Gasteiger partial charge in [0.15, 0.2) is 0 Å². The van der Waals surface area contributed by atoms with Crippen molar-refractivity contribution in [3.05, 3.63) is 0 Å². The molecule has 15 heavy (non-hydrogen) atoms. The fourth-order valence-electron chi connectivity index (χ4n) is 1.86. The van der Waals surface area contributed by atoms with Crippen LogP contribution in [0.5, 0.6) is 0 Å². The molecule has 5 nitrogen and oxygen atoms in total. The Bertz CT molecular complexity index is 295. The molecule has 2 rings (SSSR count). The first kappa shape index (κ1) is 10.4. The molecule has 0 aliphatic heterocycles. The van der Waals surface area contributed by atoms with Crippen molar-refractivity contribution in [1.82, 2.24) is 4.90 Å². The molecule has 1 amide bonds. The minimum Gasteiger partial charge on any atom is -0.480 e. The molecule has 3 N–H and O–H groups in total. The van der Waals surface area contributed by atoms with E-state index < -0.39 is 11.4 Å². The van der Waals surface area contributed by atoms with Crippen LogP contribution < -0.4 is 5.73 Å². The van der Waals surface area contributed by atoms with Crippen molar-refractivity contribution in [1.29, 1.82) is 0 Å². The summed E-state index contributed by atoms with van der Waals surface area (Å²) in [5.41, 5.74) is 5.15. The fourth-order valence-corrected chi connectivity index (χ4v) is 1.86. The van der Waals surface area contributed by atoms with Gasteiger partial charge in [0, 0.05) is 12.6 Å². The Morgan fingerprint density at radius 3 is 2.33 bits per heavy atom. The molecule has 2 saturated carbocycles. The average molecular weight is 212 g/mol. The van der Waals surface area contributed by atoms with Gasteiger partial charge < -0.3 is 15.7 Å². The van der Waals surface area contributed by atoms with Crippen LogP contribution >= 0.6 is 0 Å². The van der Waals surface area contributed by atoms with Crippen molar-refractivity contribution in [3.63, 3.8) is 0 Å². The molecule has 0 bridgehead atoms. The maximum absolute atomic E-state index is 12.1. The third kappa shape index (κ3) is 1.97. The first-order chi connectivity index (χ1) is 7.09. The number of rotatable bonds is 5. The van der Waals surface area contributed by atoms with Crippen LogP contribution in [0.15, 0.2) is 0 Å². The summed E-state index contributed by atoms with van der Waals surface area (Å²) >= 11 is 0.